The minimum Gasteiger partial charge on any atom is -0.493 e. The van der Waals surface area contributed by atoms with E-state index in [1.165, 1.54) is 18.2 Å². The van der Waals surface area contributed by atoms with Gasteiger partial charge in [-0.1, -0.05) is 43.0 Å². The number of rotatable bonds is 8. The maximum Gasteiger partial charge on any atom is 0.347 e. The first-order valence-corrected chi connectivity index (χ1v) is 13.5. The first-order chi connectivity index (χ1) is 17.8. The molecular weight excluding hydrogens is 562 g/mol. The summed E-state index contributed by atoms with van der Waals surface area (Å²) in [4.78, 5) is 30.4. The zero-order chi connectivity index (χ0) is 26.5. The average Bonchev–Trinajstić information content (AvgIpc) is 2.92. The van der Waals surface area contributed by atoms with Gasteiger partial charge in [0.1, 0.15) is 10.8 Å². The molecule has 10 heteroatoms. The summed E-state index contributed by atoms with van der Waals surface area (Å²) in [6, 6.07) is 8.98. The summed E-state index contributed by atoms with van der Waals surface area (Å²) in [6.45, 7) is 3.53. The number of carbonyl (C=O) groups is 1. The second kappa shape index (κ2) is 12.1. The topological polar surface area (TPSA) is 92.0 Å². The number of para-hydroxylation sites is 1. The summed E-state index contributed by atoms with van der Waals surface area (Å²) in [5.74, 6) is 0.811. The molecule has 0 aliphatic heterocycles. The highest BCUT2D eigenvalue weighted by molar-refractivity contribution is 9.10. The number of fused-ring (bicyclic) bond motifs is 1. The number of ether oxygens (including phenoxy) is 3. The van der Waals surface area contributed by atoms with Gasteiger partial charge < -0.3 is 14.2 Å². The van der Waals surface area contributed by atoms with E-state index in [9.17, 15) is 9.59 Å². The molecule has 2 aromatic carbocycles. The van der Waals surface area contributed by atoms with Gasteiger partial charge >= 0.3 is 5.97 Å². The highest BCUT2D eigenvalue weighted by Gasteiger charge is 2.24. The quantitative estimate of drug-likeness (QED) is 0.233. The molecule has 0 unspecified atom stereocenters. The Morgan fingerprint density at radius 2 is 2.03 bits per heavy atom. The maximum atomic E-state index is 13.5. The largest absolute Gasteiger partial charge is 0.493 e. The zero-order valence-electron chi connectivity index (χ0n) is 21.0. The Hall–Kier alpha value is -2.91. The van der Waals surface area contributed by atoms with Crippen LogP contribution in [0.1, 0.15) is 63.3 Å². The van der Waals surface area contributed by atoms with Gasteiger partial charge in [-0.25, -0.2) is 9.78 Å². The van der Waals surface area contributed by atoms with Crippen LogP contribution in [0.5, 0.6) is 11.5 Å². The van der Waals surface area contributed by atoms with Crippen molar-refractivity contribution in [3.8, 4) is 11.5 Å². The van der Waals surface area contributed by atoms with Gasteiger partial charge in [0.25, 0.3) is 5.56 Å². The van der Waals surface area contributed by atoms with Crippen LogP contribution in [0.3, 0.4) is 0 Å². The van der Waals surface area contributed by atoms with Crippen molar-refractivity contribution in [2.75, 3.05) is 13.7 Å². The Kier molecular flexibility index (Phi) is 8.87. The van der Waals surface area contributed by atoms with Crippen molar-refractivity contribution in [1.29, 1.82) is 0 Å². The predicted octanol–water partition coefficient (Wildman–Crippen LogP) is 6.08. The third kappa shape index (κ3) is 5.83. The lowest BCUT2D eigenvalue weighted by molar-refractivity contribution is -0.150. The van der Waals surface area contributed by atoms with Crippen LogP contribution < -0.4 is 15.0 Å². The van der Waals surface area contributed by atoms with Crippen LogP contribution in [0, 0.1) is 0 Å². The summed E-state index contributed by atoms with van der Waals surface area (Å²) in [5.41, 5.74) is 1.01. The molecule has 3 aromatic rings. The van der Waals surface area contributed by atoms with E-state index in [4.69, 9.17) is 30.8 Å². The molecule has 0 radical (unpaired) electrons. The fraction of sp³-hybridized carbons (Fsp3) is 0.407. The predicted molar refractivity (Wildman–Crippen MR) is 147 cm³/mol. The van der Waals surface area contributed by atoms with Gasteiger partial charge in [-0.05, 0) is 60.8 Å². The van der Waals surface area contributed by atoms with Crippen LogP contribution >= 0.6 is 27.5 Å². The number of esters is 1. The minimum absolute atomic E-state index is 0.157. The molecule has 37 heavy (non-hydrogen) atoms. The van der Waals surface area contributed by atoms with E-state index in [1.807, 2.05) is 18.2 Å². The van der Waals surface area contributed by atoms with Crippen LogP contribution in [-0.2, 0) is 9.53 Å². The number of nitrogens with zero attached hydrogens (tertiary/aromatic N) is 3. The van der Waals surface area contributed by atoms with E-state index >= 15 is 0 Å². The molecule has 1 atom stereocenters. The molecule has 1 aromatic heterocycles. The first-order valence-electron chi connectivity index (χ1n) is 12.3. The fourth-order valence-corrected chi connectivity index (χ4v) is 5.09. The lowest BCUT2D eigenvalue weighted by Gasteiger charge is -2.22. The zero-order valence-corrected chi connectivity index (χ0v) is 23.3. The molecule has 1 aliphatic carbocycles. The van der Waals surface area contributed by atoms with Crippen LogP contribution in [0.4, 0.5) is 0 Å². The molecule has 196 valence electrons. The van der Waals surface area contributed by atoms with Crippen molar-refractivity contribution >= 4 is 50.6 Å². The van der Waals surface area contributed by atoms with Gasteiger partial charge in [-0.15, -0.1) is 0 Å². The second-order valence-electron chi connectivity index (χ2n) is 8.82. The summed E-state index contributed by atoms with van der Waals surface area (Å²) in [5, 5.41) is 5.29. The molecule has 0 N–H and O–H groups in total. The summed E-state index contributed by atoms with van der Waals surface area (Å²) >= 11 is 10.1. The highest BCUT2D eigenvalue weighted by Crippen LogP contribution is 2.42. The van der Waals surface area contributed by atoms with Gasteiger partial charge in [-0.3, -0.25) is 4.79 Å². The van der Waals surface area contributed by atoms with Crippen molar-refractivity contribution in [2.45, 2.75) is 58.0 Å². The molecule has 1 fully saturated rings. The van der Waals surface area contributed by atoms with E-state index in [1.54, 1.807) is 32.2 Å². The number of hydrogen-bond acceptors (Lipinski definition) is 7. The van der Waals surface area contributed by atoms with Gasteiger partial charge in [0, 0.05) is 16.0 Å². The van der Waals surface area contributed by atoms with E-state index in [0.717, 1.165) is 25.7 Å². The maximum absolute atomic E-state index is 13.5. The Labute approximate surface area is 228 Å². The molecular formula is C27H29BrClN3O5. The van der Waals surface area contributed by atoms with Gasteiger partial charge in [0.05, 0.1) is 30.8 Å². The number of carbonyl (C=O) groups excluding carboxylic acids is 1. The van der Waals surface area contributed by atoms with E-state index in [2.05, 4.69) is 21.0 Å². The van der Waals surface area contributed by atoms with E-state index < -0.39 is 12.1 Å². The molecule has 1 heterocycles. The normalized spacial score (nSPS) is 15.2. The molecule has 0 spiro atoms. The minimum atomic E-state index is -0.891. The SMILES string of the molecule is CCOC(=O)[C@@H](C)Oc1c(OC)cc(C=Nn2c(C3CCCCC3)nc3ccccc3c2=O)c(Br)c1Cl. The Morgan fingerprint density at radius 1 is 1.30 bits per heavy atom. The third-order valence-electron chi connectivity index (χ3n) is 6.35. The smallest absolute Gasteiger partial charge is 0.347 e. The van der Waals surface area contributed by atoms with Crippen molar-refractivity contribution in [3.63, 3.8) is 0 Å². The van der Waals surface area contributed by atoms with Gasteiger partial charge in [-0.2, -0.15) is 9.78 Å². The fourth-order valence-electron chi connectivity index (χ4n) is 4.44. The third-order valence-corrected chi connectivity index (χ3v) is 7.79. The standard InChI is InChI=1S/C27H29BrClN3O5/c1-4-36-27(34)16(2)37-24-21(35-3)14-18(22(28)23(24)29)15-30-32-25(17-10-6-5-7-11-17)31-20-13-9-8-12-19(20)26(32)33/h8-9,12-17H,4-7,10-11H2,1-3H3/t16-/m1/s1. The number of aromatic nitrogens is 2. The van der Waals surface area contributed by atoms with Crippen LogP contribution in [0.25, 0.3) is 10.9 Å². The van der Waals surface area contributed by atoms with E-state index in [-0.39, 0.29) is 28.9 Å². The summed E-state index contributed by atoms with van der Waals surface area (Å²) < 4.78 is 18.2. The molecule has 0 saturated heterocycles. The molecule has 8 nitrogen and oxygen atoms in total. The van der Waals surface area contributed by atoms with Crippen molar-refractivity contribution in [3.05, 3.63) is 61.6 Å². The molecule has 4 rings (SSSR count). The van der Waals surface area contributed by atoms with Crippen LogP contribution in [-0.4, -0.2) is 41.7 Å². The van der Waals surface area contributed by atoms with E-state index in [0.29, 0.717) is 32.5 Å². The van der Waals surface area contributed by atoms with Crippen molar-refractivity contribution in [2.24, 2.45) is 5.10 Å². The Morgan fingerprint density at radius 3 is 2.73 bits per heavy atom. The molecule has 0 bridgehead atoms. The number of methoxy groups -OCH3 is 1. The number of benzene rings is 2. The van der Waals surface area contributed by atoms with Crippen molar-refractivity contribution < 1.29 is 19.0 Å². The highest BCUT2D eigenvalue weighted by atomic mass is 79.9. The molecule has 1 aliphatic rings. The summed E-state index contributed by atoms with van der Waals surface area (Å²) in [6.07, 6.45) is 5.97. The van der Waals surface area contributed by atoms with Crippen LogP contribution in [0.2, 0.25) is 5.02 Å². The Bertz CT molecular complexity index is 1380. The average molecular weight is 591 g/mol. The van der Waals surface area contributed by atoms with Crippen LogP contribution in [0.15, 0.2) is 44.7 Å². The number of hydrogen-bond donors (Lipinski definition) is 0. The second-order valence-corrected chi connectivity index (χ2v) is 9.99. The lowest BCUT2D eigenvalue weighted by Crippen LogP contribution is -2.26. The Balaban J connectivity index is 1.76. The monoisotopic (exact) mass is 589 g/mol. The number of halogens is 2. The lowest BCUT2D eigenvalue weighted by atomic mass is 9.88. The first kappa shape index (κ1) is 27.1. The summed E-state index contributed by atoms with van der Waals surface area (Å²) in [7, 11) is 1.47. The molecule has 1 saturated carbocycles. The van der Waals surface area contributed by atoms with Gasteiger partial charge in [0.2, 0.25) is 0 Å². The molecule has 0 amide bonds. The van der Waals surface area contributed by atoms with Crippen molar-refractivity contribution in [1.82, 2.24) is 9.66 Å². The van der Waals surface area contributed by atoms with Gasteiger partial charge in [0.15, 0.2) is 17.6 Å².